The van der Waals surface area contributed by atoms with E-state index in [-0.39, 0.29) is 5.91 Å². The van der Waals surface area contributed by atoms with Gasteiger partial charge in [-0.2, -0.15) is 0 Å². The summed E-state index contributed by atoms with van der Waals surface area (Å²) in [6.45, 7) is 1.91. The second-order valence-electron chi connectivity index (χ2n) is 5.15. The molecule has 2 aliphatic heterocycles. The lowest BCUT2D eigenvalue weighted by atomic mass is 10.0. The molecule has 0 aromatic heterocycles. The average molecular weight is 327 g/mol. The molecule has 5 nitrogen and oxygen atoms in total. The molecule has 0 saturated carbocycles. The number of carbonyl (C=O) groups excluding carboxylic acids is 1. The molecular weight excluding hydrogens is 312 g/mol. The third kappa shape index (κ3) is 3.00. The van der Waals surface area contributed by atoms with E-state index in [1.165, 1.54) is 0 Å². The van der Waals surface area contributed by atoms with Crippen molar-refractivity contribution in [1.29, 1.82) is 0 Å². The van der Waals surface area contributed by atoms with Crippen LogP contribution in [0.1, 0.15) is 6.92 Å². The summed E-state index contributed by atoms with van der Waals surface area (Å²) in [6, 6.07) is 7.08. The first-order chi connectivity index (χ1) is 11.1. The van der Waals surface area contributed by atoms with Gasteiger partial charge in [0.2, 0.25) is 5.91 Å². The molecule has 1 unspecified atom stereocenters. The van der Waals surface area contributed by atoms with Crippen molar-refractivity contribution in [3.05, 3.63) is 53.2 Å². The van der Waals surface area contributed by atoms with Gasteiger partial charge in [-0.05, 0) is 42.8 Å². The van der Waals surface area contributed by atoms with Gasteiger partial charge in [0.25, 0.3) is 0 Å². The summed E-state index contributed by atoms with van der Waals surface area (Å²) < 4.78 is 0. The number of rotatable bonds is 2. The highest BCUT2D eigenvalue weighted by Gasteiger charge is 2.35. The zero-order valence-corrected chi connectivity index (χ0v) is 13.5. The number of fused-ring (bicyclic) bond motifs is 1. The second-order valence-corrected chi connectivity index (χ2v) is 5.59. The van der Waals surface area contributed by atoms with Gasteiger partial charge in [0.05, 0.1) is 5.69 Å². The van der Waals surface area contributed by atoms with Crippen LogP contribution >= 0.6 is 11.6 Å². The van der Waals surface area contributed by atoms with Crippen molar-refractivity contribution in [3.63, 3.8) is 0 Å². The summed E-state index contributed by atoms with van der Waals surface area (Å²) in [5.41, 5.74) is 1.65. The van der Waals surface area contributed by atoms with E-state index in [1.807, 2.05) is 19.1 Å². The molecule has 0 saturated heterocycles. The van der Waals surface area contributed by atoms with Crippen molar-refractivity contribution >= 4 is 41.1 Å². The van der Waals surface area contributed by atoms with Crippen LogP contribution in [0.25, 0.3) is 0 Å². The molecule has 6 heteroatoms. The van der Waals surface area contributed by atoms with Crippen molar-refractivity contribution in [1.82, 2.24) is 4.90 Å². The van der Waals surface area contributed by atoms with Crippen molar-refractivity contribution < 1.29 is 4.79 Å². The Morgan fingerprint density at radius 3 is 2.74 bits per heavy atom. The first kappa shape index (κ1) is 15.4. The number of carbonyl (C=O) groups is 1. The molecule has 0 radical (unpaired) electrons. The highest BCUT2D eigenvalue weighted by atomic mass is 35.5. The van der Waals surface area contributed by atoms with E-state index < -0.39 is 5.92 Å². The average Bonchev–Trinajstić information content (AvgIpc) is 2.56. The van der Waals surface area contributed by atoms with Crippen LogP contribution in [-0.4, -0.2) is 35.7 Å². The Balaban J connectivity index is 1.93. The van der Waals surface area contributed by atoms with Crippen molar-refractivity contribution in [3.8, 4) is 0 Å². The summed E-state index contributed by atoms with van der Waals surface area (Å²) >= 11 is 5.86. The highest BCUT2D eigenvalue weighted by molar-refractivity contribution is 6.30. The molecule has 0 spiro atoms. The van der Waals surface area contributed by atoms with E-state index in [4.69, 9.17) is 11.6 Å². The number of aliphatic imine (C=N–C) groups is 3. The minimum Gasteiger partial charge on any atom is -0.273 e. The van der Waals surface area contributed by atoms with E-state index in [0.29, 0.717) is 16.7 Å². The molecule has 2 heterocycles. The fourth-order valence-corrected chi connectivity index (χ4v) is 2.50. The summed E-state index contributed by atoms with van der Waals surface area (Å²) in [7, 11) is 1.63. The van der Waals surface area contributed by atoms with E-state index >= 15 is 0 Å². The van der Waals surface area contributed by atoms with E-state index in [1.54, 1.807) is 48.6 Å². The molecule has 2 aliphatic rings. The first-order valence-electron chi connectivity index (χ1n) is 7.14. The molecule has 116 valence electrons. The number of amides is 1. The number of hydrogen-bond donors (Lipinski definition) is 0. The number of hydrogen-bond acceptors (Lipinski definition) is 3. The molecule has 1 aromatic carbocycles. The number of halogens is 1. The van der Waals surface area contributed by atoms with Crippen LogP contribution < -0.4 is 0 Å². The number of benzene rings is 1. The van der Waals surface area contributed by atoms with Gasteiger partial charge >= 0.3 is 0 Å². The predicted molar refractivity (Wildman–Crippen MR) is 93.6 cm³/mol. The zero-order valence-electron chi connectivity index (χ0n) is 12.8. The van der Waals surface area contributed by atoms with Gasteiger partial charge in [0.1, 0.15) is 17.6 Å². The maximum atomic E-state index is 12.7. The Hall–Kier alpha value is -2.53. The molecule has 23 heavy (non-hydrogen) atoms. The Labute approximate surface area is 139 Å². The fraction of sp³-hybridized carbons (Fsp3) is 0.176. The smallest absolute Gasteiger partial charge is 0.248 e. The SMILES string of the molecule is CN=C1N=C2C(C)=CC=CN2C(=O)C1C=Nc1ccc(Cl)cc1. The number of amidine groups is 2. The first-order valence-corrected chi connectivity index (χ1v) is 7.51. The van der Waals surface area contributed by atoms with Crippen LogP contribution in [0, 0.1) is 5.92 Å². The van der Waals surface area contributed by atoms with Gasteiger partial charge in [-0.1, -0.05) is 17.7 Å². The highest BCUT2D eigenvalue weighted by Crippen LogP contribution is 2.22. The van der Waals surface area contributed by atoms with Crippen LogP contribution in [0.4, 0.5) is 5.69 Å². The molecule has 0 N–H and O–H groups in total. The van der Waals surface area contributed by atoms with Gasteiger partial charge in [0, 0.05) is 24.5 Å². The molecule has 0 fully saturated rings. The van der Waals surface area contributed by atoms with E-state index in [2.05, 4.69) is 15.0 Å². The van der Waals surface area contributed by atoms with Gasteiger partial charge < -0.3 is 0 Å². The minimum atomic E-state index is -0.602. The maximum Gasteiger partial charge on any atom is 0.248 e. The van der Waals surface area contributed by atoms with E-state index in [9.17, 15) is 4.79 Å². The lowest BCUT2D eigenvalue weighted by Gasteiger charge is -2.30. The Kier molecular flexibility index (Phi) is 4.21. The topological polar surface area (TPSA) is 57.4 Å². The number of nitrogens with zero attached hydrogens (tertiary/aromatic N) is 4. The number of allylic oxidation sites excluding steroid dienone is 2. The Morgan fingerprint density at radius 2 is 2.04 bits per heavy atom. The van der Waals surface area contributed by atoms with Crippen LogP contribution in [0.15, 0.2) is 63.2 Å². The third-order valence-corrected chi connectivity index (χ3v) is 3.84. The van der Waals surface area contributed by atoms with Crippen LogP contribution in [0.2, 0.25) is 5.02 Å². The minimum absolute atomic E-state index is 0.114. The van der Waals surface area contributed by atoms with Crippen molar-refractivity contribution in [2.24, 2.45) is 20.9 Å². The normalized spacial score (nSPS) is 22.4. The molecular formula is C17H15ClN4O. The summed E-state index contributed by atoms with van der Waals surface area (Å²) in [6.07, 6.45) is 7.03. The summed E-state index contributed by atoms with van der Waals surface area (Å²) in [4.78, 5) is 27.3. The lowest BCUT2D eigenvalue weighted by molar-refractivity contribution is -0.126. The molecule has 0 aliphatic carbocycles. The van der Waals surface area contributed by atoms with Crippen LogP contribution in [0.3, 0.4) is 0 Å². The predicted octanol–water partition coefficient (Wildman–Crippen LogP) is 3.40. The lowest BCUT2D eigenvalue weighted by Crippen LogP contribution is -2.46. The zero-order chi connectivity index (χ0) is 16.4. The fourth-order valence-electron chi connectivity index (χ4n) is 2.37. The summed E-state index contributed by atoms with van der Waals surface area (Å²) in [5.74, 6) is 0.364. The monoisotopic (exact) mass is 326 g/mol. The summed E-state index contributed by atoms with van der Waals surface area (Å²) in [5, 5.41) is 0.642. The van der Waals surface area contributed by atoms with Gasteiger partial charge in [-0.3, -0.25) is 19.7 Å². The maximum absolute atomic E-state index is 12.7. The van der Waals surface area contributed by atoms with Crippen molar-refractivity contribution in [2.45, 2.75) is 6.92 Å². The third-order valence-electron chi connectivity index (χ3n) is 3.59. The molecule has 1 aromatic rings. The van der Waals surface area contributed by atoms with Crippen molar-refractivity contribution in [2.75, 3.05) is 7.05 Å². The molecule has 0 bridgehead atoms. The molecule has 1 atom stereocenters. The van der Waals surface area contributed by atoms with Gasteiger partial charge in [-0.25, -0.2) is 4.99 Å². The van der Waals surface area contributed by atoms with Crippen LogP contribution in [0.5, 0.6) is 0 Å². The second kappa shape index (κ2) is 6.30. The van der Waals surface area contributed by atoms with Gasteiger partial charge in [0.15, 0.2) is 0 Å². The molecule has 3 rings (SSSR count). The van der Waals surface area contributed by atoms with Crippen LogP contribution in [-0.2, 0) is 4.79 Å². The van der Waals surface area contributed by atoms with Gasteiger partial charge in [-0.15, -0.1) is 0 Å². The standard InChI is InChI=1S/C17H15ClN4O/c1-11-4-3-9-22-16(11)21-15(19-2)14(17(22)23)10-20-13-7-5-12(18)6-8-13/h3-10,14H,1-2H3. The quantitative estimate of drug-likeness (QED) is 0.768. The largest absolute Gasteiger partial charge is 0.273 e. The Bertz CT molecular complexity index is 787. The van der Waals surface area contributed by atoms with E-state index in [0.717, 1.165) is 11.3 Å². The Morgan fingerprint density at radius 1 is 1.30 bits per heavy atom. The molecule has 1 amide bonds.